The maximum atomic E-state index is 13.8. The molecule has 0 aliphatic carbocycles. The molecule has 0 saturated carbocycles. The lowest BCUT2D eigenvalue weighted by Crippen LogP contribution is -2.46. The monoisotopic (exact) mass is 302 g/mol. The van der Waals surface area contributed by atoms with E-state index in [4.69, 9.17) is 11.6 Å². The van der Waals surface area contributed by atoms with Gasteiger partial charge in [-0.3, -0.25) is 4.79 Å². The molecular formula is C14H17ClF2N2O. The lowest BCUT2D eigenvalue weighted by atomic mass is 10.0. The molecule has 0 spiro atoms. The Balaban J connectivity index is 2.26. The Morgan fingerprint density at radius 3 is 2.60 bits per heavy atom. The van der Waals surface area contributed by atoms with Crippen molar-refractivity contribution in [2.75, 3.05) is 19.6 Å². The van der Waals surface area contributed by atoms with E-state index in [2.05, 4.69) is 5.32 Å². The molecule has 2 rings (SSSR count). The fraction of sp³-hybridized carbons (Fsp3) is 0.500. The molecule has 1 N–H and O–H groups in total. The van der Waals surface area contributed by atoms with Gasteiger partial charge >= 0.3 is 0 Å². The highest BCUT2D eigenvalue weighted by Crippen LogP contribution is 2.22. The van der Waals surface area contributed by atoms with Crippen LogP contribution in [0.25, 0.3) is 0 Å². The molecular weight excluding hydrogens is 286 g/mol. The summed E-state index contributed by atoms with van der Waals surface area (Å²) in [6.07, 6.45) is 1.63. The largest absolute Gasteiger partial charge is 0.336 e. The number of nitrogens with zero attached hydrogens (tertiary/aromatic N) is 1. The predicted octanol–water partition coefficient (Wildman–Crippen LogP) is 2.83. The van der Waals surface area contributed by atoms with Gasteiger partial charge in [-0.1, -0.05) is 11.6 Å². The predicted molar refractivity (Wildman–Crippen MR) is 74.0 cm³/mol. The SMILES string of the molecule is CCN(C(=O)c1cc(F)c(Cl)cc1F)C1CCNCC1. The van der Waals surface area contributed by atoms with E-state index in [1.165, 1.54) is 0 Å². The summed E-state index contributed by atoms with van der Waals surface area (Å²) in [6.45, 7) is 3.95. The summed E-state index contributed by atoms with van der Waals surface area (Å²) < 4.78 is 27.3. The molecule has 0 radical (unpaired) electrons. The van der Waals surface area contributed by atoms with E-state index in [1.54, 1.807) is 4.90 Å². The third-order valence-corrected chi connectivity index (χ3v) is 3.88. The van der Waals surface area contributed by atoms with E-state index in [-0.39, 0.29) is 16.6 Å². The summed E-state index contributed by atoms with van der Waals surface area (Å²) in [5.41, 5.74) is -0.257. The van der Waals surface area contributed by atoms with Crippen LogP contribution in [0.15, 0.2) is 12.1 Å². The van der Waals surface area contributed by atoms with Crippen LogP contribution in [0.5, 0.6) is 0 Å². The molecule has 1 amide bonds. The second kappa shape index (κ2) is 6.50. The molecule has 0 unspecified atom stereocenters. The van der Waals surface area contributed by atoms with Crippen molar-refractivity contribution in [2.45, 2.75) is 25.8 Å². The number of piperidine rings is 1. The summed E-state index contributed by atoms with van der Waals surface area (Å²) in [5, 5.41) is 2.90. The van der Waals surface area contributed by atoms with Gasteiger partial charge in [0, 0.05) is 12.6 Å². The van der Waals surface area contributed by atoms with Crippen LogP contribution in [-0.2, 0) is 0 Å². The Morgan fingerprint density at radius 2 is 2.00 bits per heavy atom. The Labute approximate surface area is 121 Å². The second-order valence-electron chi connectivity index (χ2n) is 4.82. The van der Waals surface area contributed by atoms with E-state index >= 15 is 0 Å². The first kappa shape index (κ1) is 15.2. The van der Waals surface area contributed by atoms with Crippen LogP contribution >= 0.6 is 11.6 Å². The zero-order chi connectivity index (χ0) is 14.7. The van der Waals surface area contributed by atoms with Gasteiger partial charge in [0.2, 0.25) is 0 Å². The van der Waals surface area contributed by atoms with Crippen molar-refractivity contribution in [3.05, 3.63) is 34.4 Å². The summed E-state index contributed by atoms with van der Waals surface area (Å²) in [6, 6.07) is 1.79. The number of benzene rings is 1. The molecule has 1 aromatic rings. The molecule has 1 aromatic carbocycles. The summed E-state index contributed by atoms with van der Waals surface area (Å²) >= 11 is 5.50. The van der Waals surface area contributed by atoms with E-state index in [0.717, 1.165) is 38.1 Å². The van der Waals surface area contributed by atoms with Crippen molar-refractivity contribution < 1.29 is 13.6 Å². The first-order chi connectivity index (χ1) is 9.54. The fourth-order valence-corrected chi connectivity index (χ4v) is 2.68. The maximum Gasteiger partial charge on any atom is 0.257 e. The van der Waals surface area contributed by atoms with Gasteiger partial charge in [0.15, 0.2) is 0 Å². The number of halogens is 3. The zero-order valence-corrected chi connectivity index (χ0v) is 12.0. The maximum absolute atomic E-state index is 13.8. The first-order valence-corrected chi connectivity index (χ1v) is 7.08. The van der Waals surface area contributed by atoms with Gasteiger partial charge in [-0.25, -0.2) is 8.78 Å². The summed E-state index contributed by atoms with van der Waals surface area (Å²) in [4.78, 5) is 14.0. The number of carbonyl (C=O) groups excluding carboxylic acids is 1. The van der Waals surface area contributed by atoms with Gasteiger partial charge in [0.05, 0.1) is 10.6 Å². The number of hydrogen-bond donors (Lipinski definition) is 1. The molecule has 6 heteroatoms. The van der Waals surface area contributed by atoms with Crippen molar-refractivity contribution in [1.82, 2.24) is 10.2 Å². The molecule has 1 heterocycles. The Morgan fingerprint density at radius 1 is 1.35 bits per heavy atom. The van der Waals surface area contributed by atoms with Gasteiger partial charge in [-0.05, 0) is 45.0 Å². The molecule has 1 saturated heterocycles. The van der Waals surface area contributed by atoms with E-state index in [1.807, 2.05) is 6.92 Å². The van der Waals surface area contributed by atoms with Crippen molar-refractivity contribution in [3.63, 3.8) is 0 Å². The quantitative estimate of drug-likeness (QED) is 0.871. The van der Waals surface area contributed by atoms with Crippen LogP contribution in [0.1, 0.15) is 30.1 Å². The van der Waals surface area contributed by atoms with Crippen molar-refractivity contribution in [3.8, 4) is 0 Å². The number of nitrogens with one attached hydrogen (secondary N) is 1. The van der Waals surface area contributed by atoms with Crippen LogP contribution in [0.4, 0.5) is 8.78 Å². The summed E-state index contributed by atoms with van der Waals surface area (Å²) in [5.74, 6) is -2.04. The molecule has 20 heavy (non-hydrogen) atoms. The van der Waals surface area contributed by atoms with Crippen LogP contribution < -0.4 is 5.32 Å². The average molecular weight is 303 g/mol. The zero-order valence-electron chi connectivity index (χ0n) is 11.3. The summed E-state index contributed by atoms with van der Waals surface area (Å²) in [7, 11) is 0. The topological polar surface area (TPSA) is 32.3 Å². The molecule has 3 nitrogen and oxygen atoms in total. The van der Waals surface area contributed by atoms with Crippen LogP contribution in [0.2, 0.25) is 5.02 Å². The average Bonchev–Trinajstić information content (AvgIpc) is 2.44. The van der Waals surface area contributed by atoms with Gasteiger partial charge in [0.1, 0.15) is 11.6 Å². The van der Waals surface area contributed by atoms with Crippen molar-refractivity contribution in [2.24, 2.45) is 0 Å². The van der Waals surface area contributed by atoms with Crippen LogP contribution in [0.3, 0.4) is 0 Å². The van der Waals surface area contributed by atoms with Gasteiger partial charge in [0.25, 0.3) is 5.91 Å². The van der Waals surface area contributed by atoms with E-state index < -0.39 is 17.5 Å². The number of rotatable bonds is 3. The number of amides is 1. The molecule has 1 aliphatic rings. The first-order valence-electron chi connectivity index (χ1n) is 6.70. The Hall–Kier alpha value is -1.20. The highest BCUT2D eigenvalue weighted by molar-refractivity contribution is 6.30. The van der Waals surface area contributed by atoms with Gasteiger partial charge in [-0.2, -0.15) is 0 Å². The lowest BCUT2D eigenvalue weighted by Gasteiger charge is -2.34. The molecule has 0 atom stereocenters. The van der Waals surface area contributed by atoms with Crippen molar-refractivity contribution >= 4 is 17.5 Å². The highest BCUT2D eigenvalue weighted by atomic mass is 35.5. The molecule has 0 bridgehead atoms. The van der Waals surface area contributed by atoms with Gasteiger partial charge in [-0.15, -0.1) is 0 Å². The minimum absolute atomic E-state index is 0.0619. The van der Waals surface area contributed by atoms with Crippen molar-refractivity contribution in [1.29, 1.82) is 0 Å². The highest BCUT2D eigenvalue weighted by Gasteiger charge is 2.27. The molecule has 0 aromatic heterocycles. The van der Waals surface area contributed by atoms with E-state index in [0.29, 0.717) is 6.54 Å². The molecule has 110 valence electrons. The number of hydrogen-bond acceptors (Lipinski definition) is 2. The second-order valence-corrected chi connectivity index (χ2v) is 5.23. The number of carbonyl (C=O) groups is 1. The van der Waals surface area contributed by atoms with Gasteiger partial charge < -0.3 is 10.2 Å². The normalized spacial score (nSPS) is 16.2. The Bertz CT molecular complexity index is 504. The molecule has 1 aliphatic heterocycles. The third kappa shape index (κ3) is 3.10. The standard InChI is InChI=1S/C14H17ClF2N2O/c1-2-19(9-3-5-18-6-4-9)14(20)10-7-13(17)11(15)8-12(10)16/h7-9,18H,2-6H2,1H3. The smallest absolute Gasteiger partial charge is 0.257 e. The van der Waals surface area contributed by atoms with Crippen LogP contribution in [0, 0.1) is 11.6 Å². The van der Waals surface area contributed by atoms with E-state index in [9.17, 15) is 13.6 Å². The minimum Gasteiger partial charge on any atom is -0.336 e. The Kier molecular flexibility index (Phi) is 4.94. The van der Waals surface area contributed by atoms with Crippen LogP contribution in [-0.4, -0.2) is 36.5 Å². The molecule has 1 fully saturated rings. The third-order valence-electron chi connectivity index (χ3n) is 3.59. The lowest BCUT2D eigenvalue weighted by molar-refractivity contribution is 0.0651. The minimum atomic E-state index is -0.784. The fourth-order valence-electron chi connectivity index (χ4n) is 2.53.